The smallest absolute Gasteiger partial charge is 0.255 e. The van der Waals surface area contributed by atoms with Crippen LogP contribution in [-0.2, 0) is 17.8 Å². The van der Waals surface area contributed by atoms with Crippen LogP contribution in [0.15, 0.2) is 16.9 Å². The number of unbranched alkanes of at least 4 members (excludes halogenated alkanes) is 1. The fraction of sp³-hybridized carbons (Fsp3) is 0.688. The maximum absolute atomic E-state index is 12.6. The molecular weight excluding hydrogens is 252 g/mol. The summed E-state index contributed by atoms with van der Waals surface area (Å²) in [6.45, 7) is 9.25. The highest BCUT2D eigenvalue weighted by Crippen LogP contribution is 2.13. The normalized spacial score (nSPS) is 11.2. The Hall–Kier alpha value is -1.13. The summed E-state index contributed by atoms with van der Waals surface area (Å²) in [6.07, 6.45) is 2.14. The summed E-state index contributed by atoms with van der Waals surface area (Å²) in [4.78, 5) is 12.6. The zero-order valence-corrected chi connectivity index (χ0v) is 13.2. The van der Waals surface area contributed by atoms with Crippen LogP contribution < -0.4 is 10.9 Å². The maximum atomic E-state index is 12.6. The van der Waals surface area contributed by atoms with E-state index in [1.54, 1.807) is 7.11 Å². The highest BCUT2D eigenvalue weighted by Gasteiger charge is 2.10. The minimum Gasteiger partial charge on any atom is -0.383 e. The van der Waals surface area contributed by atoms with Gasteiger partial charge in [-0.05, 0) is 18.4 Å². The van der Waals surface area contributed by atoms with Crippen molar-refractivity contribution in [3.63, 3.8) is 0 Å². The van der Waals surface area contributed by atoms with Gasteiger partial charge in [0.25, 0.3) is 5.56 Å². The number of nitrogens with one attached hydrogen (secondary N) is 1. The molecule has 0 amide bonds. The Morgan fingerprint density at radius 2 is 2.10 bits per heavy atom. The van der Waals surface area contributed by atoms with Crippen LogP contribution >= 0.6 is 0 Å². The van der Waals surface area contributed by atoms with E-state index in [1.165, 1.54) is 0 Å². The Bertz CT molecular complexity index is 452. The molecule has 0 unspecified atom stereocenters. The van der Waals surface area contributed by atoms with Gasteiger partial charge in [0, 0.05) is 38.0 Å². The third kappa shape index (κ3) is 4.76. The van der Waals surface area contributed by atoms with Gasteiger partial charge in [-0.2, -0.15) is 0 Å². The molecule has 1 heterocycles. The van der Waals surface area contributed by atoms with Crippen molar-refractivity contribution in [1.29, 1.82) is 0 Å². The molecule has 114 valence electrons. The molecule has 1 aromatic heterocycles. The van der Waals surface area contributed by atoms with E-state index < -0.39 is 0 Å². The van der Waals surface area contributed by atoms with Gasteiger partial charge in [-0.3, -0.25) is 4.79 Å². The van der Waals surface area contributed by atoms with Gasteiger partial charge in [0.2, 0.25) is 0 Å². The molecule has 0 bridgehead atoms. The first-order chi connectivity index (χ1) is 9.61. The molecule has 0 aliphatic rings. The van der Waals surface area contributed by atoms with Crippen LogP contribution in [0, 0.1) is 0 Å². The van der Waals surface area contributed by atoms with E-state index in [1.807, 2.05) is 10.6 Å². The van der Waals surface area contributed by atoms with E-state index >= 15 is 0 Å². The predicted molar refractivity (Wildman–Crippen MR) is 83.3 cm³/mol. The topological polar surface area (TPSA) is 43.3 Å². The second kappa shape index (κ2) is 8.93. The Labute approximate surface area is 122 Å². The van der Waals surface area contributed by atoms with Gasteiger partial charge < -0.3 is 14.6 Å². The van der Waals surface area contributed by atoms with Crippen molar-refractivity contribution in [3.8, 4) is 0 Å². The van der Waals surface area contributed by atoms with Crippen molar-refractivity contribution in [2.75, 3.05) is 20.3 Å². The third-order valence-electron chi connectivity index (χ3n) is 3.41. The Balaban J connectivity index is 2.89. The number of pyridine rings is 1. The lowest BCUT2D eigenvalue weighted by atomic mass is 10.1. The average molecular weight is 280 g/mol. The lowest BCUT2D eigenvalue weighted by Crippen LogP contribution is -2.30. The number of ether oxygens (including phenoxy) is 1. The number of rotatable bonds is 9. The number of aromatic nitrogens is 1. The van der Waals surface area contributed by atoms with Crippen LogP contribution in [0.25, 0.3) is 0 Å². The van der Waals surface area contributed by atoms with Crippen LogP contribution in [0.3, 0.4) is 0 Å². The maximum Gasteiger partial charge on any atom is 0.255 e. The number of hydrogen-bond donors (Lipinski definition) is 1. The van der Waals surface area contributed by atoms with E-state index in [0.29, 0.717) is 19.1 Å². The third-order valence-corrected chi connectivity index (χ3v) is 3.41. The molecule has 0 radical (unpaired) electrons. The summed E-state index contributed by atoms with van der Waals surface area (Å²) < 4.78 is 6.94. The first-order valence-electron chi connectivity index (χ1n) is 7.54. The summed E-state index contributed by atoms with van der Waals surface area (Å²) in [6, 6.07) is 4.05. The van der Waals surface area contributed by atoms with Gasteiger partial charge in [-0.25, -0.2) is 0 Å². The van der Waals surface area contributed by atoms with E-state index in [0.717, 1.165) is 37.2 Å². The molecule has 0 aromatic carbocycles. The molecular formula is C16H28N2O2. The molecule has 1 rings (SSSR count). The summed E-state index contributed by atoms with van der Waals surface area (Å²) in [5.74, 6) is 0.370. The lowest BCUT2D eigenvalue weighted by molar-refractivity contribution is 0.199. The largest absolute Gasteiger partial charge is 0.383 e. The van der Waals surface area contributed by atoms with E-state index in [2.05, 4.69) is 32.2 Å². The van der Waals surface area contributed by atoms with Gasteiger partial charge in [0.15, 0.2) is 0 Å². The zero-order valence-electron chi connectivity index (χ0n) is 13.2. The van der Waals surface area contributed by atoms with Crippen LogP contribution in [0.4, 0.5) is 0 Å². The van der Waals surface area contributed by atoms with E-state index in [9.17, 15) is 4.79 Å². The fourth-order valence-electron chi connectivity index (χ4n) is 2.22. The van der Waals surface area contributed by atoms with Gasteiger partial charge >= 0.3 is 0 Å². The van der Waals surface area contributed by atoms with Crippen molar-refractivity contribution in [3.05, 3.63) is 33.7 Å². The van der Waals surface area contributed by atoms with Crippen LogP contribution in [-0.4, -0.2) is 24.8 Å². The molecule has 0 aliphatic carbocycles. The SMILES string of the molecule is CCCCn1c(C(C)C)ccc(CNCCOC)c1=O. The van der Waals surface area contributed by atoms with Crippen LogP contribution in [0.1, 0.15) is 50.8 Å². The second-order valence-electron chi connectivity index (χ2n) is 5.42. The molecule has 20 heavy (non-hydrogen) atoms. The zero-order chi connectivity index (χ0) is 15.0. The second-order valence-corrected chi connectivity index (χ2v) is 5.42. The molecule has 0 spiro atoms. The lowest BCUT2D eigenvalue weighted by Gasteiger charge is -2.17. The van der Waals surface area contributed by atoms with Crippen LogP contribution in [0.5, 0.6) is 0 Å². The molecule has 0 fully saturated rings. The predicted octanol–water partition coefficient (Wildman–Crippen LogP) is 2.51. The first-order valence-corrected chi connectivity index (χ1v) is 7.54. The molecule has 4 nitrogen and oxygen atoms in total. The van der Waals surface area contributed by atoms with Crippen LogP contribution in [0.2, 0.25) is 0 Å². The molecule has 4 heteroatoms. The van der Waals surface area contributed by atoms with E-state index in [-0.39, 0.29) is 5.56 Å². The fourth-order valence-corrected chi connectivity index (χ4v) is 2.22. The van der Waals surface area contributed by atoms with Crippen molar-refractivity contribution >= 4 is 0 Å². The monoisotopic (exact) mass is 280 g/mol. The number of nitrogens with zero attached hydrogens (tertiary/aromatic N) is 1. The van der Waals surface area contributed by atoms with Gasteiger partial charge in [0.1, 0.15) is 0 Å². The van der Waals surface area contributed by atoms with Crippen molar-refractivity contribution in [2.24, 2.45) is 0 Å². The van der Waals surface area contributed by atoms with Gasteiger partial charge in [-0.1, -0.05) is 33.3 Å². The highest BCUT2D eigenvalue weighted by molar-refractivity contribution is 5.18. The number of hydrogen-bond acceptors (Lipinski definition) is 3. The molecule has 0 saturated carbocycles. The van der Waals surface area contributed by atoms with Crippen molar-refractivity contribution in [2.45, 2.75) is 52.6 Å². The summed E-state index contributed by atoms with van der Waals surface area (Å²) >= 11 is 0. The molecule has 0 atom stereocenters. The standard InChI is InChI=1S/C16H28N2O2/c1-5-6-10-18-15(13(2)3)8-7-14(16(18)19)12-17-9-11-20-4/h7-8,13,17H,5-6,9-12H2,1-4H3. The first kappa shape index (κ1) is 16.9. The number of methoxy groups -OCH3 is 1. The van der Waals surface area contributed by atoms with Crippen molar-refractivity contribution < 1.29 is 4.74 Å². The average Bonchev–Trinajstić information content (AvgIpc) is 2.43. The summed E-state index contributed by atoms with van der Waals surface area (Å²) in [5, 5.41) is 3.24. The summed E-state index contributed by atoms with van der Waals surface area (Å²) in [7, 11) is 1.68. The van der Waals surface area contributed by atoms with Gasteiger partial charge in [0.05, 0.1) is 6.61 Å². The quantitative estimate of drug-likeness (QED) is 0.707. The highest BCUT2D eigenvalue weighted by atomic mass is 16.5. The minimum atomic E-state index is 0.148. The molecule has 1 aromatic rings. The Morgan fingerprint density at radius 1 is 1.35 bits per heavy atom. The Kier molecular flexibility index (Phi) is 7.55. The summed E-state index contributed by atoms with van der Waals surface area (Å²) in [5.41, 5.74) is 2.11. The molecule has 0 aliphatic heterocycles. The van der Waals surface area contributed by atoms with E-state index in [4.69, 9.17) is 4.74 Å². The molecule has 1 N–H and O–H groups in total. The van der Waals surface area contributed by atoms with Crippen molar-refractivity contribution in [1.82, 2.24) is 9.88 Å². The minimum absolute atomic E-state index is 0.148. The Morgan fingerprint density at radius 3 is 2.70 bits per heavy atom. The molecule has 0 saturated heterocycles. The van der Waals surface area contributed by atoms with Gasteiger partial charge in [-0.15, -0.1) is 0 Å².